The minimum atomic E-state index is 0.236. The van der Waals surface area contributed by atoms with Crippen molar-refractivity contribution in [3.63, 3.8) is 0 Å². The predicted octanol–water partition coefficient (Wildman–Crippen LogP) is 3.14. The van der Waals surface area contributed by atoms with E-state index in [0.717, 1.165) is 22.6 Å². The van der Waals surface area contributed by atoms with Gasteiger partial charge in [-0.25, -0.2) is 0 Å². The number of aryl methyl sites for hydroxylation is 2. The molecule has 0 aliphatic heterocycles. The Balaban J connectivity index is 2.06. The maximum Gasteiger partial charge on any atom is 0.171 e. The number of ether oxygens (including phenoxy) is 1. The molecule has 0 saturated heterocycles. The van der Waals surface area contributed by atoms with Crippen molar-refractivity contribution >= 4 is 34.6 Å². The van der Waals surface area contributed by atoms with Gasteiger partial charge < -0.3 is 20.3 Å². The molecule has 0 unspecified atom stereocenters. The number of hydrogen-bond donors (Lipinski definition) is 3. The van der Waals surface area contributed by atoms with Gasteiger partial charge in [0.25, 0.3) is 0 Å². The summed E-state index contributed by atoms with van der Waals surface area (Å²) in [5.41, 5.74) is 4.25. The number of halogens is 1. The van der Waals surface area contributed by atoms with E-state index in [4.69, 9.17) is 28.6 Å². The van der Waals surface area contributed by atoms with Crippen molar-refractivity contribution in [1.82, 2.24) is 5.32 Å². The van der Waals surface area contributed by atoms with Crippen LogP contribution in [0.15, 0.2) is 36.4 Å². The third-order valence-corrected chi connectivity index (χ3v) is 4.87. The topological polar surface area (TPSA) is 37.7 Å². The van der Waals surface area contributed by atoms with Crippen LogP contribution in [0.5, 0.6) is 5.75 Å². The lowest BCUT2D eigenvalue weighted by Gasteiger charge is -2.23. The molecule has 0 radical (unpaired) electrons. The average molecular weight is 393 g/mol. The number of quaternary nitrogens is 1. The van der Waals surface area contributed by atoms with Gasteiger partial charge in [0.15, 0.2) is 5.11 Å². The number of thiocarbonyl (C=S) groups is 1. The van der Waals surface area contributed by atoms with Gasteiger partial charge in [-0.2, -0.15) is 0 Å². The van der Waals surface area contributed by atoms with Crippen LogP contribution in [0.3, 0.4) is 0 Å². The van der Waals surface area contributed by atoms with Gasteiger partial charge in [-0.3, -0.25) is 0 Å². The minimum absolute atomic E-state index is 0.236. The van der Waals surface area contributed by atoms with Crippen LogP contribution in [0.1, 0.15) is 22.7 Å². The molecule has 6 heteroatoms. The lowest BCUT2D eigenvalue weighted by Crippen LogP contribution is -3.07. The largest absolute Gasteiger partial charge is 0.497 e. The van der Waals surface area contributed by atoms with Gasteiger partial charge in [0.1, 0.15) is 11.8 Å². The summed E-state index contributed by atoms with van der Waals surface area (Å²) in [4.78, 5) is 1.30. The maximum atomic E-state index is 6.35. The molecule has 2 rings (SSSR count). The molecule has 0 aromatic heterocycles. The highest BCUT2D eigenvalue weighted by atomic mass is 35.5. The molecule has 140 valence electrons. The van der Waals surface area contributed by atoms with Crippen LogP contribution in [-0.2, 0) is 0 Å². The number of rotatable bonds is 6. The summed E-state index contributed by atoms with van der Waals surface area (Å²) in [6.07, 6.45) is 0. The molecular weight excluding hydrogens is 366 g/mol. The molecule has 0 heterocycles. The second-order valence-electron chi connectivity index (χ2n) is 6.68. The molecule has 0 aliphatic rings. The van der Waals surface area contributed by atoms with Crippen molar-refractivity contribution in [2.24, 2.45) is 0 Å². The lowest BCUT2D eigenvalue weighted by molar-refractivity contribution is -0.890. The third-order valence-electron chi connectivity index (χ3n) is 4.33. The highest BCUT2D eigenvalue weighted by Crippen LogP contribution is 2.27. The van der Waals surface area contributed by atoms with Gasteiger partial charge in [0.05, 0.1) is 38.5 Å². The fourth-order valence-corrected chi connectivity index (χ4v) is 3.49. The number of anilines is 1. The SMILES string of the molecule is COc1cccc([C@H](CNC(=S)Nc2c(C)cc(C)cc2Cl)[NH+](C)C)c1. The zero-order valence-corrected chi connectivity index (χ0v) is 17.5. The quantitative estimate of drug-likeness (QED) is 0.660. The Kier molecular flexibility index (Phi) is 7.26. The maximum absolute atomic E-state index is 6.35. The van der Waals surface area contributed by atoms with Crippen LogP contribution in [-0.4, -0.2) is 32.9 Å². The Morgan fingerprint density at radius 2 is 1.96 bits per heavy atom. The van der Waals surface area contributed by atoms with Crippen LogP contribution in [0, 0.1) is 13.8 Å². The Morgan fingerprint density at radius 3 is 2.58 bits per heavy atom. The number of benzene rings is 2. The zero-order chi connectivity index (χ0) is 19.3. The summed E-state index contributed by atoms with van der Waals surface area (Å²) in [5.74, 6) is 0.858. The average Bonchev–Trinajstić information content (AvgIpc) is 2.58. The Bertz CT molecular complexity index is 756. The molecule has 4 nitrogen and oxygen atoms in total. The van der Waals surface area contributed by atoms with Gasteiger partial charge in [-0.1, -0.05) is 29.8 Å². The zero-order valence-electron chi connectivity index (χ0n) is 15.9. The van der Waals surface area contributed by atoms with Crippen molar-refractivity contribution < 1.29 is 9.64 Å². The normalized spacial score (nSPS) is 12.0. The van der Waals surface area contributed by atoms with Crippen LogP contribution in [0.4, 0.5) is 5.69 Å². The monoisotopic (exact) mass is 392 g/mol. The fraction of sp³-hybridized carbons (Fsp3) is 0.350. The standard InChI is InChI=1S/C20H26ClN3OS/c1-13-9-14(2)19(17(21)10-13)23-20(26)22-12-18(24(3)4)15-7-6-8-16(11-15)25-5/h6-11,18H,12H2,1-5H3,(H2,22,23,26)/p+1/t18-/m0/s1. The Hall–Kier alpha value is -1.82. The second kappa shape index (κ2) is 9.21. The lowest BCUT2D eigenvalue weighted by atomic mass is 10.1. The second-order valence-corrected chi connectivity index (χ2v) is 7.50. The van der Waals surface area contributed by atoms with Crippen molar-refractivity contribution in [1.29, 1.82) is 0 Å². The van der Waals surface area contributed by atoms with Crippen molar-refractivity contribution in [3.05, 3.63) is 58.1 Å². The van der Waals surface area contributed by atoms with E-state index in [1.165, 1.54) is 10.5 Å². The smallest absolute Gasteiger partial charge is 0.171 e. The number of methoxy groups -OCH3 is 1. The van der Waals surface area contributed by atoms with E-state index in [9.17, 15) is 0 Å². The number of hydrogen-bond acceptors (Lipinski definition) is 2. The van der Waals surface area contributed by atoms with Gasteiger partial charge in [-0.15, -0.1) is 0 Å². The molecule has 2 aromatic carbocycles. The fourth-order valence-electron chi connectivity index (χ4n) is 2.94. The van der Waals surface area contributed by atoms with E-state index in [0.29, 0.717) is 16.7 Å². The van der Waals surface area contributed by atoms with Crippen LogP contribution >= 0.6 is 23.8 Å². The Labute approximate surface area is 166 Å². The van der Waals surface area contributed by atoms with E-state index in [-0.39, 0.29) is 6.04 Å². The summed E-state index contributed by atoms with van der Waals surface area (Å²) < 4.78 is 5.34. The van der Waals surface area contributed by atoms with Gasteiger partial charge in [0, 0.05) is 5.56 Å². The van der Waals surface area contributed by atoms with E-state index in [1.807, 2.05) is 32.0 Å². The highest BCUT2D eigenvalue weighted by Gasteiger charge is 2.19. The number of likely N-dealkylation sites (N-methyl/N-ethyl adjacent to an activating group) is 1. The Morgan fingerprint density at radius 1 is 1.23 bits per heavy atom. The van der Waals surface area contributed by atoms with E-state index in [1.54, 1.807) is 7.11 Å². The van der Waals surface area contributed by atoms with Crippen molar-refractivity contribution in [2.75, 3.05) is 33.1 Å². The van der Waals surface area contributed by atoms with Crippen LogP contribution in [0.2, 0.25) is 5.02 Å². The summed E-state index contributed by atoms with van der Waals surface area (Å²) >= 11 is 11.8. The molecule has 0 amide bonds. The first-order valence-electron chi connectivity index (χ1n) is 8.57. The molecule has 0 spiro atoms. The van der Waals surface area contributed by atoms with Crippen LogP contribution < -0.4 is 20.3 Å². The van der Waals surface area contributed by atoms with Crippen molar-refractivity contribution in [2.45, 2.75) is 19.9 Å². The van der Waals surface area contributed by atoms with Gasteiger partial charge in [0.2, 0.25) is 0 Å². The summed E-state index contributed by atoms with van der Waals surface area (Å²) in [5, 5.41) is 7.78. The third kappa shape index (κ3) is 5.34. The highest BCUT2D eigenvalue weighted by molar-refractivity contribution is 7.80. The first-order chi connectivity index (χ1) is 12.3. The molecule has 2 aromatic rings. The first-order valence-corrected chi connectivity index (χ1v) is 9.36. The van der Waals surface area contributed by atoms with Crippen LogP contribution in [0.25, 0.3) is 0 Å². The molecule has 0 saturated carbocycles. The summed E-state index contributed by atoms with van der Waals surface area (Å²) in [6.45, 7) is 4.74. The molecule has 0 fully saturated rings. The molecule has 0 bridgehead atoms. The minimum Gasteiger partial charge on any atom is -0.497 e. The van der Waals surface area contributed by atoms with Crippen molar-refractivity contribution in [3.8, 4) is 5.75 Å². The van der Waals surface area contributed by atoms with E-state index in [2.05, 4.69) is 42.9 Å². The van der Waals surface area contributed by atoms with E-state index < -0.39 is 0 Å². The number of nitrogens with one attached hydrogen (secondary N) is 3. The molecule has 0 aliphatic carbocycles. The first kappa shape index (κ1) is 20.5. The summed E-state index contributed by atoms with van der Waals surface area (Å²) in [7, 11) is 5.94. The predicted molar refractivity (Wildman–Crippen MR) is 114 cm³/mol. The van der Waals surface area contributed by atoms with Gasteiger partial charge in [-0.05, 0) is 55.4 Å². The van der Waals surface area contributed by atoms with E-state index >= 15 is 0 Å². The molecular formula is C20H27ClN3OS+. The summed E-state index contributed by atoms with van der Waals surface area (Å²) in [6, 6.07) is 12.4. The van der Waals surface area contributed by atoms with Gasteiger partial charge >= 0.3 is 0 Å². The molecule has 1 atom stereocenters. The molecule has 3 N–H and O–H groups in total. The molecule has 26 heavy (non-hydrogen) atoms.